The highest BCUT2D eigenvalue weighted by atomic mass is 32.3. The van der Waals surface area contributed by atoms with Gasteiger partial charge in [-0.25, -0.2) is 19.0 Å². The molecule has 3 aliphatic rings. The molecule has 13 heteroatoms. The quantitative estimate of drug-likeness (QED) is 0.426. The Labute approximate surface area is 129 Å². The molecular formula is C10H14F2N4O6S. The summed E-state index contributed by atoms with van der Waals surface area (Å²) in [5.41, 5.74) is 4.92. The first-order valence-electron chi connectivity index (χ1n) is 6.78. The molecule has 3 amide bonds. The summed E-state index contributed by atoms with van der Waals surface area (Å²) in [5, 5.41) is -0.100. The highest BCUT2D eigenvalue weighted by Crippen LogP contribution is 2.41. The van der Waals surface area contributed by atoms with Gasteiger partial charge in [-0.15, -0.1) is 4.28 Å². The zero-order valence-corrected chi connectivity index (χ0v) is 12.4. The molecule has 3 N–H and O–H groups in total. The zero-order chi connectivity index (χ0) is 17.0. The fraction of sp³-hybridized carbons (Fsp3) is 0.800. The largest absolute Gasteiger partial charge is 0.418 e. The summed E-state index contributed by atoms with van der Waals surface area (Å²) in [6.45, 7) is -0.594. The van der Waals surface area contributed by atoms with E-state index in [1.165, 1.54) is 0 Å². The molecule has 10 nitrogen and oxygen atoms in total. The number of hydroxylamine groups is 2. The van der Waals surface area contributed by atoms with Crippen molar-refractivity contribution in [1.82, 2.24) is 20.8 Å². The van der Waals surface area contributed by atoms with Crippen LogP contribution in [0.15, 0.2) is 0 Å². The Morgan fingerprint density at radius 2 is 2.04 bits per heavy atom. The lowest BCUT2D eigenvalue weighted by molar-refractivity contribution is -0.154. The summed E-state index contributed by atoms with van der Waals surface area (Å²) in [6.07, 6.45) is 0.719. The summed E-state index contributed by atoms with van der Waals surface area (Å²) in [4.78, 5) is 24.8. The van der Waals surface area contributed by atoms with Gasteiger partial charge in [-0.2, -0.15) is 13.5 Å². The third-order valence-electron chi connectivity index (χ3n) is 3.87. The smallest absolute Gasteiger partial charge is 0.308 e. The van der Waals surface area contributed by atoms with Crippen LogP contribution in [0.3, 0.4) is 0 Å². The number of piperidine rings is 1. The number of carbonyl (C=O) groups excluding carboxylic acids is 2. The van der Waals surface area contributed by atoms with Crippen molar-refractivity contribution in [2.45, 2.75) is 43.3 Å². The Balaban J connectivity index is 1.78. The van der Waals surface area contributed by atoms with Gasteiger partial charge >= 0.3 is 16.4 Å². The molecule has 23 heavy (non-hydrogen) atoms. The molecule has 130 valence electrons. The molecular weight excluding hydrogens is 342 g/mol. The predicted molar refractivity (Wildman–Crippen MR) is 68.0 cm³/mol. The van der Waals surface area contributed by atoms with Gasteiger partial charge in [-0.3, -0.25) is 14.8 Å². The van der Waals surface area contributed by atoms with E-state index in [1.54, 1.807) is 0 Å². The number of amides is 3. The van der Waals surface area contributed by atoms with Crippen molar-refractivity contribution in [1.29, 1.82) is 0 Å². The Morgan fingerprint density at radius 1 is 1.39 bits per heavy atom. The van der Waals surface area contributed by atoms with E-state index in [0.29, 0.717) is 0 Å². The van der Waals surface area contributed by atoms with Gasteiger partial charge in [0.1, 0.15) is 12.1 Å². The van der Waals surface area contributed by atoms with Crippen molar-refractivity contribution >= 4 is 22.3 Å². The van der Waals surface area contributed by atoms with Crippen LogP contribution in [0.25, 0.3) is 0 Å². The molecule has 0 spiro atoms. The van der Waals surface area contributed by atoms with Crippen LogP contribution in [0.4, 0.5) is 13.6 Å². The Morgan fingerprint density at radius 3 is 2.61 bits per heavy atom. The van der Waals surface area contributed by atoms with Crippen molar-refractivity contribution in [3.63, 3.8) is 0 Å². The standard InChI is InChI=1S/C10H14F2N4O6S/c11-10(12)3-6(8(17)14-13-5-1-2-5)15-4-7(10)16(9(15)18)22-23(19,20)21/h5-7,13H,1-4H2,(H,14,17)(H,19,20,21)/t6-,7-/m0/s1. The van der Waals surface area contributed by atoms with E-state index >= 15 is 0 Å². The molecule has 0 aromatic carbocycles. The summed E-state index contributed by atoms with van der Waals surface area (Å²) >= 11 is 0. The molecule has 2 atom stereocenters. The summed E-state index contributed by atoms with van der Waals surface area (Å²) in [5.74, 6) is -4.38. The highest BCUT2D eigenvalue weighted by Gasteiger charge is 2.62. The van der Waals surface area contributed by atoms with Crippen LogP contribution in [-0.2, 0) is 19.5 Å². The molecule has 1 saturated carbocycles. The second kappa shape index (κ2) is 5.22. The van der Waals surface area contributed by atoms with E-state index in [0.717, 1.165) is 17.7 Å². The SMILES string of the molecule is O=C(NNC1CC1)[C@@H]1CC(F)(F)[C@@H]2CN1C(=O)N2OS(=O)(=O)O. The third-order valence-corrected chi connectivity index (χ3v) is 4.22. The van der Waals surface area contributed by atoms with Gasteiger partial charge in [0.25, 0.3) is 11.8 Å². The van der Waals surface area contributed by atoms with Gasteiger partial charge in [0.15, 0.2) is 0 Å². The number of nitrogens with zero attached hydrogens (tertiary/aromatic N) is 2. The Bertz CT molecular complexity index is 639. The normalized spacial score (nSPS) is 29.8. The molecule has 2 saturated heterocycles. The summed E-state index contributed by atoms with van der Waals surface area (Å²) in [6, 6.07) is -4.52. The maximum Gasteiger partial charge on any atom is 0.418 e. The number of halogens is 2. The van der Waals surface area contributed by atoms with E-state index in [2.05, 4.69) is 15.1 Å². The monoisotopic (exact) mass is 356 g/mol. The van der Waals surface area contributed by atoms with Crippen LogP contribution >= 0.6 is 0 Å². The molecule has 2 heterocycles. The maximum absolute atomic E-state index is 14.1. The van der Waals surface area contributed by atoms with Gasteiger partial charge < -0.3 is 4.90 Å². The van der Waals surface area contributed by atoms with Crippen LogP contribution in [0.5, 0.6) is 0 Å². The third kappa shape index (κ3) is 3.22. The number of alkyl halides is 2. The number of hydrogen-bond donors (Lipinski definition) is 3. The first kappa shape index (κ1) is 16.3. The van der Waals surface area contributed by atoms with Crippen molar-refractivity contribution in [3.05, 3.63) is 0 Å². The predicted octanol–water partition coefficient (Wildman–Crippen LogP) is -0.982. The fourth-order valence-corrected chi connectivity index (χ4v) is 2.94. The molecule has 0 aromatic rings. The lowest BCUT2D eigenvalue weighted by Gasteiger charge is -2.34. The fourth-order valence-electron chi connectivity index (χ4n) is 2.57. The summed E-state index contributed by atoms with van der Waals surface area (Å²) < 4.78 is 62.3. The molecule has 0 radical (unpaired) electrons. The lowest BCUT2D eigenvalue weighted by Crippen LogP contribution is -2.58. The second-order valence-corrected chi connectivity index (χ2v) is 6.67. The average Bonchev–Trinajstić information content (AvgIpc) is 3.19. The molecule has 0 unspecified atom stereocenters. The minimum Gasteiger partial charge on any atom is -0.308 e. The number of urea groups is 1. The Kier molecular flexibility index (Phi) is 3.70. The number of hydrogen-bond acceptors (Lipinski definition) is 6. The minimum absolute atomic E-state index is 0.0874. The molecule has 3 rings (SSSR count). The second-order valence-electron chi connectivity index (χ2n) is 5.67. The van der Waals surface area contributed by atoms with E-state index in [1.807, 2.05) is 0 Å². The highest BCUT2D eigenvalue weighted by molar-refractivity contribution is 7.80. The van der Waals surface area contributed by atoms with Crippen LogP contribution in [0.2, 0.25) is 0 Å². The maximum atomic E-state index is 14.1. The zero-order valence-electron chi connectivity index (χ0n) is 11.6. The molecule has 1 aliphatic carbocycles. The molecule has 3 fully saturated rings. The van der Waals surface area contributed by atoms with Gasteiger partial charge in [0.05, 0.1) is 6.54 Å². The van der Waals surface area contributed by atoms with Crippen LogP contribution in [0.1, 0.15) is 19.3 Å². The van der Waals surface area contributed by atoms with Crippen LogP contribution in [0, 0.1) is 0 Å². The first-order chi connectivity index (χ1) is 10.6. The first-order valence-corrected chi connectivity index (χ1v) is 8.15. The van der Waals surface area contributed by atoms with Crippen molar-refractivity contribution in [2.75, 3.05) is 6.54 Å². The number of fused-ring (bicyclic) bond motifs is 2. The van der Waals surface area contributed by atoms with Gasteiger partial charge in [-0.1, -0.05) is 0 Å². The van der Waals surface area contributed by atoms with E-state index < -0.39 is 53.3 Å². The van der Waals surface area contributed by atoms with Crippen LogP contribution < -0.4 is 10.9 Å². The van der Waals surface area contributed by atoms with Crippen molar-refractivity contribution < 1.29 is 35.6 Å². The number of nitrogens with one attached hydrogen (secondary N) is 2. The van der Waals surface area contributed by atoms with Gasteiger partial charge in [0.2, 0.25) is 0 Å². The topological polar surface area (TPSA) is 128 Å². The minimum atomic E-state index is -5.15. The van der Waals surface area contributed by atoms with E-state index in [-0.39, 0.29) is 11.1 Å². The summed E-state index contributed by atoms with van der Waals surface area (Å²) in [7, 11) is -5.15. The van der Waals surface area contributed by atoms with Crippen molar-refractivity contribution in [3.8, 4) is 0 Å². The van der Waals surface area contributed by atoms with Crippen LogP contribution in [-0.4, -0.2) is 65.5 Å². The number of hydrazine groups is 1. The van der Waals surface area contributed by atoms with Gasteiger partial charge in [-0.05, 0) is 12.8 Å². The van der Waals surface area contributed by atoms with E-state index in [4.69, 9.17) is 4.55 Å². The Hall–Kier alpha value is -1.57. The van der Waals surface area contributed by atoms with Gasteiger partial charge in [0, 0.05) is 12.5 Å². The molecule has 2 bridgehead atoms. The molecule has 0 aromatic heterocycles. The lowest BCUT2D eigenvalue weighted by atomic mass is 9.96. The number of carbonyl (C=O) groups is 2. The average molecular weight is 356 g/mol. The van der Waals surface area contributed by atoms with E-state index in [9.17, 15) is 26.8 Å². The van der Waals surface area contributed by atoms with Crippen molar-refractivity contribution in [2.24, 2.45) is 0 Å². The molecule has 2 aliphatic heterocycles. The number of rotatable bonds is 5.